The van der Waals surface area contributed by atoms with Gasteiger partial charge in [-0.3, -0.25) is 0 Å². The van der Waals surface area contributed by atoms with Crippen molar-refractivity contribution in [1.29, 1.82) is 0 Å². The molecular formula is C14H19BrFNO2. The number of benzene rings is 1. The van der Waals surface area contributed by atoms with Gasteiger partial charge in [0, 0.05) is 18.2 Å². The first-order valence-corrected chi connectivity index (χ1v) is 7.34. The SMILES string of the molecule is CCNC(c1cc(Br)c(F)cc1OC)C1CCCO1. The third kappa shape index (κ3) is 3.27. The Hall–Kier alpha value is -0.650. The summed E-state index contributed by atoms with van der Waals surface area (Å²) in [7, 11) is 1.56. The molecule has 1 heterocycles. The molecule has 3 nitrogen and oxygen atoms in total. The molecule has 1 N–H and O–H groups in total. The van der Waals surface area contributed by atoms with E-state index in [9.17, 15) is 4.39 Å². The molecule has 0 saturated carbocycles. The van der Waals surface area contributed by atoms with Gasteiger partial charge in [-0.05, 0) is 41.4 Å². The Balaban J connectivity index is 2.36. The van der Waals surface area contributed by atoms with Gasteiger partial charge in [-0.1, -0.05) is 6.92 Å². The summed E-state index contributed by atoms with van der Waals surface area (Å²) < 4.78 is 25.1. The molecule has 2 rings (SSSR count). The van der Waals surface area contributed by atoms with E-state index in [0.717, 1.165) is 31.6 Å². The van der Waals surface area contributed by atoms with Crippen molar-refractivity contribution in [3.8, 4) is 5.75 Å². The van der Waals surface area contributed by atoms with Gasteiger partial charge in [-0.15, -0.1) is 0 Å². The van der Waals surface area contributed by atoms with Crippen LogP contribution in [0.3, 0.4) is 0 Å². The van der Waals surface area contributed by atoms with Crippen molar-refractivity contribution in [3.05, 3.63) is 28.0 Å². The van der Waals surface area contributed by atoms with Crippen molar-refractivity contribution >= 4 is 15.9 Å². The van der Waals surface area contributed by atoms with Gasteiger partial charge < -0.3 is 14.8 Å². The van der Waals surface area contributed by atoms with Crippen LogP contribution in [0.2, 0.25) is 0 Å². The third-order valence-electron chi connectivity index (χ3n) is 3.37. The first kappa shape index (κ1) is 14.8. The Kier molecular flexibility index (Phi) is 5.19. The van der Waals surface area contributed by atoms with Gasteiger partial charge in [-0.2, -0.15) is 0 Å². The second kappa shape index (κ2) is 6.68. The molecule has 1 aromatic rings. The van der Waals surface area contributed by atoms with Crippen LogP contribution < -0.4 is 10.1 Å². The van der Waals surface area contributed by atoms with E-state index >= 15 is 0 Å². The van der Waals surface area contributed by atoms with Crippen molar-refractivity contribution in [1.82, 2.24) is 5.32 Å². The molecule has 0 spiro atoms. The molecule has 2 atom stereocenters. The number of rotatable bonds is 5. The summed E-state index contributed by atoms with van der Waals surface area (Å²) in [6.07, 6.45) is 2.19. The molecule has 0 radical (unpaired) electrons. The second-order valence-electron chi connectivity index (χ2n) is 4.60. The average Bonchev–Trinajstić information content (AvgIpc) is 2.92. The minimum Gasteiger partial charge on any atom is -0.496 e. The maximum absolute atomic E-state index is 13.6. The first-order valence-electron chi connectivity index (χ1n) is 6.55. The van der Waals surface area contributed by atoms with Crippen LogP contribution in [-0.2, 0) is 4.74 Å². The number of ether oxygens (including phenoxy) is 2. The van der Waals surface area contributed by atoms with Crippen LogP contribution in [-0.4, -0.2) is 26.4 Å². The zero-order valence-electron chi connectivity index (χ0n) is 11.2. The van der Waals surface area contributed by atoms with Gasteiger partial charge >= 0.3 is 0 Å². The quantitative estimate of drug-likeness (QED) is 0.896. The minimum atomic E-state index is -0.316. The molecular weight excluding hydrogens is 313 g/mol. The molecule has 2 unspecified atom stereocenters. The van der Waals surface area contributed by atoms with Gasteiger partial charge in [0.15, 0.2) is 0 Å². The van der Waals surface area contributed by atoms with Crippen LogP contribution in [0.5, 0.6) is 5.75 Å². The Labute approximate surface area is 121 Å². The summed E-state index contributed by atoms with van der Waals surface area (Å²) in [6.45, 7) is 3.66. The van der Waals surface area contributed by atoms with E-state index in [-0.39, 0.29) is 18.0 Å². The maximum Gasteiger partial charge on any atom is 0.141 e. The predicted octanol–water partition coefficient (Wildman–Crippen LogP) is 3.43. The highest BCUT2D eigenvalue weighted by Crippen LogP contribution is 2.35. The average molecular weight is 332 g/mol. The highest BCUT2D eigenvalue weighted by molar-refractivity contribution is 9.10. The first-order chi connectivity index (χ1) is 9.17. The van der Waals surface area contributed by atoms with Crippen LogP contribution in [0.15, 0.2) is 16.6 Å². The molecule has 0 aliphatic carbocycles. The Bertz CT molecular complexity index is 436. The highest BCUT2D eigenvalue weighted by Gasteiger charge is 2.29. The van der Waals surface area contributed by atoms with E-state index in [1.807, 2.05) is 6.92 Å². The van der Waals surface area contributed by atoms with Crippen molar-refractivity contribution in [2.45, 2.75) is 31.9 Å². The van der Waals surface area contributed by atoms with Gasteiger partial charge in [0.1, 0.15) is 11.6 Å². The number of hydrogen-bond donors (Lipinski definition) is 1. The normalized spacial score (nSPS) is 20.5. The molecule has 1 fully saturated rings. The van der Waals surface area contributed by atoms with Crippen LogP contribution in [0.1, 0.15) is 31.4 Å². The monoisotopic (exact) mass is 331 g/mol. The van der Waals surface area contributed by atoms with E-state index in [0.29, 0.717) is 10.2 Å². The van der Waals surface area contributed by atoms with Crippen LogP contribution in [0.25, 0.3) is 0 Å². The molecule has 0 amide bonds. The van der Waals surface area contributed by atoms with E-state index in [1.54, 1.807) is 13.2 Å². The van der Waals surface area contributed by atoms with Crippen LogP contribution in [0.4, 0.5) is 4.39 Å². The Morgan fingerprint density at radius 2 is 2.37 bits per heavy atom. The standard InChI is InChI=1S/C14H19BrFNO2/c1-3-17-14(12-5-4-6-19-12)9-7-10(15)11(16)8-13(9)18-2/h7-8,12,14,17H,3-6H2,1-2H3. The summed E-state index contributed by atoms with van der Waals surface area (Å²) in [5.41, 5.74) is 0.935. The van der Waals surface area contributed by atoms with E-state index in [2.05, 4.69) is 21.2 Å². The summed E-state index contributed by atoms with van der Waals surface area (Å²) in [6, 6.07) is 3.22. The summed E-state index contributed by atoms with van der Waals surface area (Å²) in [4.78, 5) is 0. The molecule has 106 valence electrons. The third-order valence-corrected chi connectivity index (χ3v) is 3.98. The van der Waals surface area contributed by atoms with Gasteiger partial charge in [0.2, 0.25) is 0 Å². The van der Waals surface area contributed by atoms with Gasteiger partial charge in [-0.25, -0.2) is 4.39 Å². The highest BCUT2D eigenvalue weighted by atomic mass is 79.9. The van der Waals surface area contributed by atoms with Crippen LogP contribution >= 0.6 is 15.9 Å². The lowest BCUT2D eigenvalue weighted by Crippen LogP contribution is -2.32. The molecule has 5 heteroatoms. The molecule has 1 saturated heterocycles. The molecule has 0 bridgehead atoms. The lowest BCUT2D eigenvalue weighted by molar-refractivity contribution is 0.0779. The van der Waals surface area contributed by atoms with Crippen molar-refractivity contribution in [2.24, 2.45) is 0 Å². The largest absolute Gasteiger partial charge is 0.496 e. The maximum atomic E-state index is 13.6. The number of methoxy groups -OCH3 is 1. The zero-order valence-corrected chi connectivity index (χ0v) is 12.8. The summed E-state index contributed by atoms with van der Waals surface area (Å²) in [5.74, 6) is 0.241. The van der Waals surface area contributed by atoms with Crippen molar-refractivity contribution in [2.75, 3.05) is 20.3 Å². The van der Waals surface area contributed by atoms with Gasteiger partial charge in [0.05, 0.1) is 23.7 Å². The molecule has 19 heavy (non-hydrogen) atoms. The zero-order chi connectivity index (χ0) is 13.8. The number of likely N-dealkylation sites (N-methyl/N-ethyl adjacent to an activating group) is 1. The number of nitrogens with one attached hydrogen (secondary N) is 1. The fourth-order valence-electron chi connectivity index (χ4n) is 2.49. The fourth-order valence-corrected chi connectivity index (χ4v) is 2.85. The summed E-state index contributed by atoms with van der Waals surface area (Å²) in [5, 5.41) is 3.41. The van der Waals surface area contributed by atoms with Crippen LogP contribution in [0, 0.1) is 5.82 Å². The predicted molar refractivity (Wildman–Crippen MR) is 76.0 cm³/mol. The topological polar surface area (TPSA) is 30.5 Å². The number of hydrogen-bond acceptors (Lipinski definition) is 3. The lowest BCUT2D eigenvalue weighted by Gasteiger charge is -2.26. The summed E-state index contributed by atoms with van der Waals surface area (Å²) >= 11 is 3.24. The second-order valence-corrected chi connectivity index (χ2v) is 5.45. The molecule has 1 aromatic carbocycles. The lowest BCUT2D eigenvalue weighted by atomic mass is 9.98. The molecule has 0 aromatic heterocycles. The Morgan fingerprint density at radius 3 is 2.95 bits per heavy atom. The smallest absolute Gasteiger partial charge is 0.141 e. The molecule has 1 aliphatic rings. The van der Waals surface area contributed by atoms with E-state index < -0.39 is 0 Å². The number of halogens is 2. The minimum absolute atomic E-state index is 0.0272. The fraction of sp³-hybridized carbons (Fsp3) is 0.571. The van der Waals surface area contributed by atoms with E-state index in [4.69, 9.17) is 9.47 Å². The van der Waals surface area contributed by atoms with Crippen molar-refractivity contribution in [3.63, 3.8) is 0 Å². The van der Waals surface area contributed by atoms with E-state index in [1.165, 1.54) is 6.07 Å². The molecule has 1 aliphatic heterocycles. The van der Waals surface area contributed by atoms with Gasteiger partial charge in [0.25, 0.3) is 0 Å². The van der Waals surface area contributed by atoms with Crippen molar-refractivity contribution < 1.29 is 13.9 Å². The Morgan fingerprint density at radius 1 is 1.58 bits per heavy atom.